The Morgan fingerprint density at radius 2 is 2.17 bits per heavy atom. The Hall–Kier alpha value is -1.72. The van der Waals surface area contributed by atoms with E-state index in [4.69, 9.17) is 0 Å². The van der Waals surface area contributed by atoms with Gasteiger partial charge in [-0.2, -0.15) is 0 Å². The number of aromatic nitrogens is 1. The van der Waals surface area contributed by atoms with Crippen LogP contribution in [0.25, 0.3) is 16.3 Å². The van der Waals surface area contributed by atoms with Gasteiger partial charge in [0.2, 0.25) is 5.91 Å². The number of rotatable bonds is 4. The lowest BCUT2D eigenvalue weighted by molar-refractivity contribution is -0.131. The van der Waals surface area contributed by atoms with Gasteiger partial charge in [0.25, 0.3) is 0 Å². The number of aliphatic hydroxyl groups is 1. The van der Waals surface area contributed by atoms with Crippen LogP contribution in [0.3, 0.4) is 0 Å². The lowest BCUT2D eigenvalue weighted by atomic mass is 9.91. The van der Waals surface area contributed by atoms with Crippen molar-refractivity contribution < 1.29 is 9.90 Å². The number of carbonyl (C=O) groups excluding carboxylic acids is 1. The number of likely N-dealkylation sites (N-methyl/N-ethyl adjacent to an activating group) is 1. The summed E-state index contributed by atoms with van der Waals surface area (Å²) in [7, 11) is 0. The van der Waals surface area contributed by atoms with E-state index >= 15 is 0 Å². The largest absolute Gasteiger partial charge is 0.391 e. The second-order valence-electron chi connectivity index (χ2n) is 5.90. The number of hydrogen-bond donors (Lipinski definition) is 1. The summed E-state index contributed by atoms with van der Waals surface area (Å²) < 4.78 is 1.12. The van der Waals surface area contributed by atoms with Gasteiger partial charge in [-0.3, -0.25) is 4.79 Å². The van der Waals surface area contributed by atoms with Gasteiger partial charge in [0, 0.05) is 12.6 Å². The molecule has 2 atom stereocenters. The maximum Gasteiger partial charge on any atom is 0.246 e. The standard InChI is InChI=1S/C18H22N2O2S/c1-2-20(14-8-4-5-9-15(14)21)18(22)12-11-17-19-13-7-3-6-10-16(13)23-17/h3,6-7,10-12,14-15,21H,2,4-5,8-9H2,1H3/t14-,15-/m1/s1. The molecular formula is C18H22N2O2S. The van der Waals surface area contributed by atoms with E-state index in [0.717, 1.165) is 40.9 Å². The van der Waals surface area contributed by atoms with E-state index in [1.54, 1.807) is 28.4 Å². The fourth-order valence-electron chi connectivity index (χ4n) is 3.21. The van der Waals surface area contributed by atoms with Crippen molar-refractivity contribution in [2.24, 2.45) is 0 Å². The SMILES string of the molecule is CCN(C(=O)C=Cc1nc2ccccc2s1)[C@@H]1CCCC[C@H]1O. The smallest absolute Gasteiger partial charge is 0.246 e. The molecule has 0 unspecified atom stereocenters. The Balaban J connectivity index is 1.73. The first-order chi connectivity index (χ1) is 11.2. The third-order valence-corrected chi connectivity index (χ3v) is 5.40. The minimum Gasteiger partial charge on any atom is -0.391 e. The molecule has 0 saturated heterocycles. The topological polar surface area (TPSA) is 53.4 Å². The minimum absolute atomic E-state index is 0.0438. The summed E-state index contributed by atoms with van der Waals surface area (Å²) in [6, 6.07) is 7.90. The van der Waals surface area contributed by atoms with Crippen molar-refractivity contribution in [1.29, 1.82) is 0 Å². The van der Waals surface area contributed by atoms with Crippen LogP contribution in [0, 0.1) is 0 Å². The summed E-state index contributed by atoms with van der Waals surface area (Å²) in [5.74, 6) is -0.0438. The van der Waals surface area contributed by atoms with Crippen molar-refractivity contribution in [3.8, 4) is 0 Å². The van der Waals surface area contributed by atoms with E-state index in [2.05, 4.69) is 4.98 Å². The average molecular weight is 330 g/mol. The number of fused-ring (bicyclic) bond motifs is 1. The summed E-state index contributed by atoms with van der Waals surface area (Å²) in [6.07, 6.45) is 6.76. The molecule has 1 amide bonds. The number of thiazole rings is 1. The van der Waals surface area contributed by atoms with Gasteiger partial charge >= 0.3 is 0 Å². The van der Waals surface area contributed by atoms with Gasteiger partial charge in [-0.1, -0.05) is 25.0 Å². The van der Waals surface area contributed by atoms with Gasteiger partial charge < -0.3 is 10.0 Å². The molecule has 0 spiro atoms. The number of hydrogen-bond acceptors (Lipinski definition) is 4. The maximum absolute atomic E-state index is 12.5. The zero-order valence-corrected chi connectivity index (χ0v) is 14.1. The highest BCUT2D eigenvalue weighted by Gasteiger charge is 2.29. The summed E-state index contributed by atoms with van der Waals surface area (Å²) in [4.78, 5) is 18.8. The summed E-state index contributed by atoms with van der Waals surface area (Å²) in [5, 5.41) is 11.0. The van der Waals surface area contributed by atoms with Crippen LogP contribution in [-0.2, 0) is 4.79 Å². The Bertz CT molecular complexity index is 677. The molecule has 1 heterocycles. The molecule has 23 heavy (non-hydrogen) atoms. The number of nitrogens with zero attached hydrogens (tertiary/aromatic N) is 2. The number of benzene rings is 1. The van der Waals surface area contributed by atoms with Crippen molar-refractivity contribution in [2.75, 3.05) is 6.54 Å². The van der Waals surface area contributed by atoms with Crippen LogP contribution < -0.4 is 0 Å². The van der Waals surface area contributed by atoms with E-state index in [1.807, 2.05) is 31.2 Å². The van der Waals surface area contributed by atoms with Crippen molar-refractivity contribution >= 4 is 33.5 Å². The molecule has 4 nitrogen and oxygen atoms in total. The van der Waals surface area contributed by atoms with Gasteiger partial charge in [0.15, 0.2) is 0 Å². The zero-order valence-electron chi connectivity index (χ0n) is 13.3. The average Bonchev–Trinajstić information content (AvgIpc) is 2.98. The van der Waals surface area contributed by atoms with E-state index in [-0.39, 0.29) is 11.9 Å². The van der Waals surface area contributed by atoms with Crippen LogP contribution in [0.1, 0.15) is 37.6 Å². The van der Waals surface area contributed by atoms with Gasteiger partial charge in [-0.25, -0.2) is 4.98 Å². The predicted molar refractivity (Wildman–Crippen MR) is 94.3 cm³/mol. The molecule has 122 valence electrons. The monoisotopic (exact) mass is 330 g/mol. The molecule has 2 aromatic rings. The summed E-state index contributed by atoms with van der Waals surface area (Å²) in [6.45, 7) is 2.58. The number of para-hydroxylation sites is 1. The number of amides is 1. The second-order valence-corrected chi connectivity index (χ2v) is 6.96. The minimum atomic E-state index is -0.400. The molecular weight excluding hydrogens is 308 g/mol. The molecule has 1 fully saturated rings. The molecule has 0 aliphatic heterocycles. The van der Waals surface area contributed by atoms with Gasteiger partial charge in [-0.15, -0.1) is 11.3 Å². The molecule has 1 aromatic carbocycles. The van der Waals surface area contributed by atoms with Crippen molar-refractivity contribution in [3.63, 3.8) is 0 Å². The van der Waals surface area contributed by atoms with Gasteiger partial charge in [0.05, 0.1) is 22.4 Å². The van der Waals surface area contributed by atoms with Crippen LogP contribution in [0.15, 0.2) is 30.3 Å². The van der Waals surface area contributed by atoms with Gasteiger partial charge in [-0.05, 0) is 38.0 Å². The van der Waals surface area contributed by atoms with Crippen LogP contribution >= 0.6 is 11.3 Å². The van der Waals surface area contributed by atoms with Crippen molar-refractivity contribution in [2.45, 2.75) is 44.8 Å². The Morgan fingerprint density at radius 3 is 2.91 bits per heavy atom. The number of carbonyl (C=O) groups is 1. The maximum atomic E-state index is 12.5. The molecule has 1 saturated carbocycles. The van der Waals surface area contributed by atoms with Crippen LogP contribution in [0.5, 0.6) is 0 Å². The first kappa shape index (κ1) is 16.1. The number of aliphatic hydroxyl groups excluding tert-OH is 1. The molecule has 0 bridgehead atoms. The van der Waals surface area contributed by atoms with E-state index in [0.29, 0.717) is 6.54 Å². The van der Waals surface area contributed by atoms with E-state index in [9.17, 15) is 9.90 Å². The van der Waals surface area contributed by atoms with Gasteiger partial charge in [0.1, 0.15) is 5.01 Å². The van der Waals surface area contributed by atoms with Crippen LogP contribution in [-0.4, -0.2) is 39.6 Å². The fourth-order valence-corrected chi connectivity index (χ4v) is 4.08. The van der Waals surface area contributed by atoms with Crippen molar-refractivity contribution in [3.05, 3.63) is 35.3 Å². The molecule has 1 aliphatic rings. The lowest BCUT2D eigenvalue weighted by Crippen LogP contribution is -2.47. The quantitative estimate of drug-likeness (QED) is 0.874. The first-order valence-corrected chi connectivity index (χ1v) is 9.03. The molecule has 3 rings (SSSR count). The fraction of sp³-hybridized carbons (Fsp3) is 0.444. The third kappa shape index (κ3) is 3.62. The summed E-state index contributed by atoms with van der Waals surface area (Å²) >= 11 is 1.58. The Morgan fingerprint density at radius 1 is 1.39 bits per heavy atom. The highest BCUT2D eigenvalue weighted by Crippen LogP contribution is 2.25. The highest BCUT2D eigenvalue weighted by atomic mass is 32.1. The zero-order chi connectivity index (χ0) is 16.2. The predicted octanol–water partition coefficient (Wildman–Crippen LogP) is 3.46. The molecule has 1 aliphatic carbocycles. The van der Waals surface area contributed by atoms with E-state index in [1.165, 1.54) is 0 Å². The van der Waals surface area contributed by atoms with Crippen molar-refractivity contribution in [1.82, 2.24) is 9.88 Å². The second kappa shape index (κ2) is 7.23. The first-order valence-electron chi connectivity index (χ1n) is 8.21. The summed E-state index contributed by atoms with van der Waals surface area (Å²) in [5.41, 5.74) is 0.958. The van der Waals surface area contributed by atoms with E-state index < -0.39 is 6.10 Å². The molecule has 1 N–H and O–H groups in total. The van der Waals surface area contributed by atoms with Crippen LogP contribution in [0.4, 0.5) is 0 Å². The molecule has 5 heteroatoms. The lowest BCUT2D eigenvalue weighted by Gasteiger charge is -2.36. The van der Waals surface area contributed by atoms with Crippen LogP contribution in [0.2, 0.25) is 0 Å². The Kier molecular flexibility index (Phi) is 5.08. The normalized spacial score (nSPS) is 21.8. The highest BCUT2D eigenvalue weighted by molar-refractivity contribution is 7.19. The molecule has 1 aromatic heterocycles. The third-order valence-electron chi connectivity index (χ3n) is 4.40. The molecule has 0 radical (unpaired) electrons. The Labute approximate surface area is 140 Å².